The second-order valence-electron chi connectivity index (χ2n) is 13.4. The number of ether oxygens (including phenoxy) is 2. The average molecular weight is 707 g/mol. The van der Waals surface area contributed by atoms with Crippen molar-refractivity contribution >= 4 is 52.2 Å². The number of alkyl carbamates (subject to hydrolysis) is 1. The number of oxime groups is 1. The quantitative estimate of drug-likeness (QED) is 0.0658. The van der Waals surface area contributed by atoms with Gasteiger partial charge < -0.3 is 40.7 Å². The molecule has 0 spiro atoms. The molecule has 20 heteroatoms. The van der Waals surface area contributed by atoms with E-state index in [1.165, 1.54) is 10.2 Å². The molecule has 1 saturated carbocycles. The van der Waals surface area contributed by atoms with Crippen LogP contribution >= 0.6 is 11.3 Å². The maximum Gasteiger partial charge on any atom is 0.413 e. The first-order valence-electron chi connectivity index (χ1n) is 15.6. The topological polar surface area (TPSA) is 249 Å². The Morgan fingerprint density at radius 3 is 2.43 bits per heavy atom. The third-order valence-corrected chi connectivity index (χ3v) is 7.48. The summed E-state index contributed by atoms with van der Waals surface area (Å²) in [4.78, 5) is 72.4. The van der Waals surface area contributed by atoms with Crippen LogP contribution in [0.3, 0.4) is 0 Å². The Hall–Kier alpha value is -4.85. The summed E-state index contributed by atoms with van der Waals surface area (Å²) in [5, 5.41) is 37.2. The smallest absolute Gasteiger partial charge is 0.413 e. The molecular formula is C29H42N10O9S. The van der Waals surface area contributed by atoms with E-state index >= 15 is 0 Å². The number of anilines is 1. The van der Waals surface area contributed by atoms with Gasteiger partial charge in [0.1, 0.15) is 22.9 Å². The Kier molecular flexibility index (Phi) is 11.4. The molecular weight excluding hydrogens is 664 g/mol. The molecule has 4 rings (SSSR count). The highest BCUT2D eigenvalue weighted by Crippen LogP contribution is 2.40. The van der Waals surface area contributed by atoms with E-state index in [-0.39, 0.29) is 35.9 Å². The zero-order valence-corrected chi connectivity index (χ0v) is 28.9. The first-order valence-corrected chi connectivity index (χ1v) is 16.4. The van der Waals surface area contributed by atoms with Gasteiger partial charge in [0, 0.05) is 31.3 Å². The molecule has 0 radical (unpaired) electrons. The van der Waals surface area contributed by atoms with Gasteiger partial charge in [-0.1, -0.05) is 5.16 Å². The summed E-state index contributed by atoms with van der Waals surface area (Å²) >= 11 is 0.979. The van der Waals surface area contributed by atoms with Gasteiger partial charge in [0.15, 0.2) is 10.8 Å². The number of carbonyl (C=O) groups is 5. The second-order valence-corrected chi connectivity index (χ2v) is 14.3. The van der Waals surface area contributed by atoms with Crippen molar-refractivity contribution in [1.82, 2.24) is 41.2 Å². The number of carbonyl (C=O) groups excluding carboxylic acids is 4. The van der Waals surface area contributed by atoms with Crippen LogP contribution in [0.15, 0.2) is 16.7 Å². The Morgan fingerprint density at radius 2 is 1.80 bits per heavy atom. The molecule has 2 atom stereocenters. The van der Waals surface area contributed by atoms with E-state index in [9.17, 15) is 29.1 Å². The lowest BCUT2D eigenvalue weighted by Crippen LogP contribution is -2.70. The van der Waals surface area contributed by atoms with Gasteiger partial charge in [-0.3, -0.25) is 14.9 Å². The largest absolute Gasteiger partial charge is 0.478 e. The molecule has 4 amide bonds. The number of aliphatic carboxylic acids is 1. The van der Waals surface area contributed by atoms with Crippen molar-refractivity contribution < 1.29 is 43.4 Å². The minimum absolute atomic E-state index is 0.0162. The van der Waals surface area contributed by atoms with Gasteiger partial charge in [-0.2, -0.15) is 15.0 Å². The van der Waals surface area contributed by atoms with Crippen LogP contribution in [-0.4, -0.2) is 103 Å². The van der Waals surface area contributed by atoms with Gasteiger partial charge in [-0.05, 0) is 54.5 Å². The van der Waals surface area contributed by atoms with E-state index in [0.29, 0.717) is 31.7 Å². The minimum atomic E-state index is -1.55. The summed E-state index contributed by atoms with van der Waals surface area (Å²) < 4.78 is 10.4. The van der Waals surface area contributed by atoms with Gasteiger partial charge in [0.25, 0.3) is 5.91 Å². The van der Waals surface area contributed by atoms with Gasteiger partial charge in [0.2, 0.25) is 11.5 Å². The molecule has 0 unspecified atom stereocenters. The normalized spacial score (nSPS) is 18.4. The number of carboxylic acid groups (broad SMARTS) is 1. The van der Waals surface area contributed by atoms with E-state index in [4.69, 9.17) is 14.3 Å². The zero-order chi connectivity index (χ0) is 36.0. The van der Waals surface area contributed by atoms with E-state index in [2.05, 4.69) is 46.9 Å². The average Bonchev–Trinajstić information content (AvgIpc) is 3.42. The van der Waals surface area contributed by atoms with Crippen LogP contribution in [0.5, 0.6) is 0 Å². The first kappa shape index (κ1) is 37.0. The molecule has 2 aromatic heterocycles. The molecule has 2 aromatic rings. The van der Waals surface area contributed by atoms with E-state index in [1.807, 2.05) is 0 Å². The number of nitrogens with zero attached hydrogens (tertiary/aromatic N) is 5. The molecule has 1 saturated heterocycles. The number of hydrogen-bond donors (Lipinski definition) is 6. The minimum Gasteiger partial charge on any atom is -0.478 e. The molecule has 2 fully saturated rings. The van der Waals surface area contributed by atoms with Crippen LogP contribution in [0, 0.1) is 0 Å². The number of nitrogens with one attached hydrogen (secondary N) is 5. The highest BCUT2D eigenvalue weighted by atomic mass is 32.1. The van der Waals surface area contributed by atoms with Crippen molar-refractivity contribution in [3.05, 3.63) is 23.0 Å². The molecule has 0 aromatic carbocycles. The monoisotopic (exact) mass is 706 g/mol. The van der Waals surface area contributed by atoms with Gasteiger partial charge in [-0.25, -0.2) is 19.4 Å². The Bertz CT molecular complexity index is 1570. The second kappa shape index (κ2) is 15.1. The van der Waals surface area contributed by atoms with Gasteiger partial charge >= 0.3 is 18.2 Å². The maximum atomic E-state index is 13.4. The number of hydrogen-bond acceptors (Lipinski definition) is 14. The number of aromatic nitrogens is 4. The Morgan fingerprint density at radius 1 is 1.10 bits per heavy atom. The predicted molar refractivity (Wildman–Crippen MR) is 174 cm³/mol. The molecule has 19 nitrogen and oxygen atoms in total. The van der Waals surface area contributed by atoms with Crippen LogP contribution in [-0.2, 0) is 41.8 Å². The highest BCUT2D eigenvalue weighted by Gasteiger charge is 2.55. The number of thiazole rings is 1. The van der Waals surface area contributed by atoms with Crippen LogP contribution < -0.4 is 26.6 Å². The third-order valence-electron chi connectivity index (χ3n) is 6.72. The van der Waals surface area contributed by atoms with Crippen molar-refractivity contribution in [1.29, 1.82) is 0 Å². The Labute approximate surface area is 285 Å². The molecule has 268 valence electrons. The molecule has 6 N–H and O–H groups in total. The van der Waals surface area contributed by atoms with Gasteiger partial charge in [0.05, 0.1) is 24.5 Å². The van der Waals surface area contributed by atoms with Crippen LogP contribution in [0.25, 0.3) is 0 Å². The molecule has 1 aliphatic heterocycles. The summed E-state index contributed by atoms with van der Waals surface area (Å²) in [6, 6.07) is -1.56. The van der Waals surface area contributed by atoms with Crippen molar-refractivity contribution in [3.8, 4) is 0 Å². The van der Waals surface area contributed by atoms with Crippen LogP contribution in [0.4, 0.5) is 14.7 Å². The molecule has 49 heavy (non-hydrogen) atoms. The fourth-order valence-electron chi connectivity index (χ4n) is 4.21. The van der Waals surface area contributed by atoms with E-state index < -0.39 is 58.9 Å². The number of carboxylic acids is 1. The standard InChI is InChI=1S/C29H42N10O9S/c1-27(2,3)46-25(44)31-11-7-10-30-12-16-13-32-39(37-16)14-17-19(21(40)33-17)35-22(41)20(38-48-29(8-9-29)23(42)43)18-15-49-24(34-18)36-26(45)47-28(4,5)6/h13,15,17,19,30H,7-12,14H2,1-6H3,(H,31,44)(H,33,40)(H,35,41)(H,42,43)(H,34,36,45)/t17-,19+/m1/s1. The van der Waals surface area contributed by atoms with Crippen LogP contribution in [0.2, 0.25) is 0 Å². The van der Waals surface area contributed by atoms with Crippen molar-refractivity contribution in [3.63, 3.8) is 0 Å². The summed E-state index contributed by atoms with van der Waals surface area (Å²) in [7, 11) is 0. The fourth-order valence-corrected chi connectivity index (χ4v) is 4.89. The summed E-state index contributed by atoms with van der Waals surface area (Å²) in [5.74, 6) is -2.53. The first-order chi connectivity index (χ1) is 22.9. The summed E-state index contributed by atoms with van der Waals surface area (Å²) in [6.45, 7) is 12.1. The van der Waals surface area contributed by atoms with Crippen molar-refractivity contribution in [2.45, 2.75) is 103 Å². The lowest BCUT2D eigenvalue weighted by Gasteiger charge is -2.36. The lowest BCUT2D eigenvalue weighted by molar-refractivity contribution is -0.153. The third kappa shape index (κ3) is 11.1. The van der Waals surface area contributed by atoms with Crippen molar-refractivity contribution in [2.75, 3.05) is 18.4 Å². The highest BCUT2D eigenvalue weighted by molar-refractivity contribution is 7.14. The number of β-lactam (4-membered cyclic amide) rings is 1. The summed E-state index contributed by atoms with van der Waals surface area (Å²) in [5.41, 5.74) is -2.63. The van der Waals surface area contributed by atoms with Crippen LogP contribution in [0.1, 0.15) is 72.2 Å². The molecule has 3 heterocycles. The molecule has 1 aliphatic carbocycles. The predicted octanol–water partition coefficient (Wildman–Crippen LogP) is 1.11. The SMILES string of the molecule is CC(C)(C)OC(=O)NCCCNCc1cnn(C[C@H]2NC(=O)[C@H]2NC(=O)C(=NOC2(C(=O)O)CC2)c2csc(NC(=O)OC(C)(C)C)n2)n1. The Balaban J connectivity index is 1.32. The zero-order valence-electron chi connectivity index (χ0n) is 28.1. The lowest BCUT2D eigenvalue weighted by atomic mass is 9.98. The number of rotatable bonds is 15. The maximum absolute atomic E-state index is 13.4. The molecule has 0 bridgehead atoms. The molecule has 2 aliphatic rings. The van der Waals surface area contributed by atoms with Crippen molar-refractivity contribution in [2.24, 2.45) is 5.16 Å². The fraction of sp³-hybridized carbons (Fsp3) is 0.621. The van der Waals surface area contributed by atoms with E-state index in [0.717, 1.165) is 11.3 Å². The number of amides is 4. The van der Waals surface area contributed by atoms with E-state index in [1.54, 1.807) is 47.7 Å². The van der Waals surface area contributed by atoms with Gasteiger partial charge in [-0.15, -0.1) is 11.3 Å². The summed E-state index contributed by atoms with van der Waals surface area (Å²) in [6.07, 6.45) is 1.41.